The van der Waals surface area contributed by atoms with Crippen LogP contribution in [-0.4, -0.2) is 146 Å². The van der Waals surface area contributed by atoms with Crippen molar-refractivity contribution in [3.63, 3.8) is 0 Å². The largest absolute Gasteiger partial charge is 0.507 e. The highest BCUT2D eigenvalue weighted by Crippen LogP contribution is 2.41. The number of piperazine rings is 1. The number of benzene rings is 2. The predicted octanol–water partition coefficient (Wildman–Crippen LogP) is 7.29. The number of halogens is 1. The number of aromatic nitrogens is 5. The molecule has 4 saturated heterocycles. The molecule has 11 rings (SSSR count). The Bertz CT molecular complexity index is 3060. The van der Waals surface area contributed by atoms with Crippen LogP contribution in [0.2, 0.25) is 0 Å². The van der Waals surface area contributed by atoms with Crippen LogP contribution in [0.5, 0.6) is 17.5 Å². The monoisotopic (exact) mass is 1090 g/mol. The number of β-amino-alcohol motifs (C(OH)–C–C–N with tert-alkyl or cyclic N) is 1. The number of aryl methyl sites for hydroxylation is 1. The molecule has 5 fully saturated rings. The maximum absolute atomic E-state index is 14.2. The summed E-state index contributed by atoms with van der Waals surface area (Å²) >= 11 is 1.59. The third kappa shape index (κ3) is 11.5. The number of nitrogens with two attached hydrogens (primary N) is 1. The maximum atomic E-state index is 14.2. The Balaban J connectivity index is 0.602. The van der Waals surface area contributed by atoms with Gasteiger partial charge in [-0.1, -0.05) is 38.1 Å². The van der Waals surface area contributed by atoms with Gasteiger partial charge >= 0.3 is 0 Å². The number of fused-ring (bicyclic) bond motifs is 2. The van der Waals surface area contributed by atoms with Crippen LogP contribution in [0.25, 0.3) is 21.7 Å². The van der Waals surface area contributed by atoms with E-state index in [1.165, 1.54) is 23.1 Å². The number of nitrogens with one attached hydrogen (secondary N) is 1. The fraction of sp³-hybridized carbons (Fsp3) is 0.491. The number of amides is 2. The van der Waals surface area contributed by atoms with Crippen molar-refractivity contribution in [3.05, 3.63) is 101 Å². The molecule has 78 heavy (non-hydrogen) atoms. The Kier molecular flexibility index (Phi) is 15.5. The maximum Gasteiger partial charge on any atom is 0.254 e. The van der Waals surface area contributed by atoms with Gasteiger partial charge in [-0.05, 0) is 92.1 Å². The van der Waals surface area contributed by atoms with Gasteiger partial charge in [-0.25, -0.2) is 14.4 Å². The van der Waals surface area contributed by atoms with Crippen molar-refractivity contribution in [2.24, 2.45) is 5.92 Å². The Labute approximate surface area is 456 Å². The van der Waals surface area contributed by atoms with Crippen molar-refractivity contribution in [1.82, 2.24) is 40.4 Å². The van der Waals surface area contributed by atoms with Crippen molar-refractivity contribution in [3.8, 4) is 39.2 Å². The summed E-state index contributed by atoms with van der Waals surface area (Å²) in [6.07, 6.45) is 6.96. The first-order valence-corrected chi connectivity index (χ1v) is 28.1. The van der Waals surface area contributed by atoms with Crippen molar-refractivity contribution < 1.29 is 42.9 Å². The van der Waals surface area contributed by atoms with Gasteiger partial charge in [-0.2, -0.15) is 0 Å². The Morgan fingerprint density at radius 2 is 1.67 bits per heavy atom. The first-order valence-electron chi connectivity index (χ1n) is 27.3. The second-order valence-electron chi connectivity index (χ2n) is 21.9. The average molecular weight is 1090 g/mol. The number of ether oxygens (including phenoxy) is 3. The van der Waals surface area contributed by atoms with Crippen LogP contribution in [0.4, 0.5) is 21.6 Å². The molecule has 2 aromatic carbocycles. The number of hydrogen-bond acceptors (Lipinski definition) is 18. The molecule has 8 heterocycles. The number of nitrogen functional groups attached to an aromatic ring is 1. The molecular formula is C57H68FN11O8S. The molecule has 21 heteroatoms. The zero-order valence-corrected chi connectivity index (χ0v) is 45.2. The molecule has 1 saturated carbocycles. The lowest BCUT2D eigenvalue weighted by molar-refractivity contribution is -0.141. The molecule has 2 bridgehead atoms. The number of nitrogens with zero attached hydrogens (tertiary/aromatic N) is 9. The standard InChI is InChI=1S/C57H68FN11O8S/c1-32(2)53(57(73)68-30-41(70)23-48(68)56(72)62-33(3)35-5-7-36(8-6-35)54-34(4)61-31-78-54)50-27-52(65-77-50)74-20-19-66-17-14-42(15-18-66)75-43-24-44(25-43)76-51-22-38(13-16-60-51)69-39-10-11-40(69)29-67(28-39)47-26-46(63-64-55(47)59)45-21-37(58)9-12-49(45)71/h5-9,12-13,16,21-22,26-27,31-33,39-44,48,53,70-71H,10-11,14-15,17-20,23-25,28-30H2,1-4H3,(H2,59,64)(H,62,72)/t33-,39+,40?,41+,43?,44?,48-,53+/m0/s1. The van der Waals surface area contributed by atoms with Crippen molar-refractivity contribution in [1.29, 1.82) is 0 Å². The van der Waals surface area contributed by atoms with E-state index >= 15 is 0 Å². The Hall–Kier alpha value is -6.94. The summed E-state index contributed by atoms with van der Waals surface area (Å²) in [6.45, 7) is 12.1. The average Bonchev–Trinajstić information content (AvgIpc) is 4.28. The van der Waals surface area contributed by atoms with Gasteiger partial charge in [0.2, 0.25) is 17.7 Å². The molecule has 1 unspecified atom stereocenters. The normalized spacial score (nSPS) is 23.3. The summed E-state index contributed by atoms with van der Waals surface area (Å²) in [6, 6.07) is 18.6. The van der Waals surface area contributed by atoms with Gasteiger partial charge in [0.1, 0.15) is 36.2 Å². The highest BCUT2D eigenvalue weighted by Gasteiger charge is 2.45. The summed E-state index contributed by atoms with van der Waals surface area (Å²) in [5.41, 5.74) is 13.6. The van der Waals surface area contributed by atoms with Crippen LogP contribution in [-0.2, 0) is 14.3 Å². The number of carbonyl (C=O) groups excluding carboxylic acids is 2. The second kappa shape index (κ2) is 22.8. The van der Waals surface area contributed by atoms with Crippen molar-refractivity contribution >= 4 is 40.3 Å². The van der Waals surface area contributed by atoms with Crippen LogP contribution in [0, 0.1) is 18.7 Å². The summed E-state index contributed by atoms with van der Waals surface area (Å²) in [5.74, 6) is -0.530. The zero-order valence-electron chi connectivity index (χ0n) is 44.4. The number of phenols is 1. The topological polar surface area (TPSA) is 231 Å². The minimum Gasteiger partial charge on any atom is -0.507 e. The first kappa shape index (κ1) is 53.1. The van der Waals surface area contributed by atoms with Crippen LogP contribution in [0.1, 0.15) is 94.7 Å². The number of piperidine rings is 1. The van der Waals surface area contributed by atoms with E-state index in [0.717, 1.165) is 84.7 Å². The molecule has 2 amide bonds. The number of likely N-dealkylation sites (tertiary alicyclic amines) is 2. The zero-order chi connectivity index (χ0) is 54.2. The minimum atomic E-state index is -0.835. The van der Waals surface area contributed by atoms with Crippen LogP contribution in [0.15, 0.2) is 83.0 Å². The molecule has 6 aromatic rings. The molecule has 5 N–H and O–H groups in total. The minimum absolute atomic E-state index is 0.0312. The lowest BCUT2D eigenvalue weighted by Gasteiger charge is -2.43. The lowest BCUT2D eigenvalue weighted by atomic mass is 9.91. The third-order valence-corrected chi connectivity index (χ3v) is 17.2. The number of aromatic hydroxyl groups is 1. The van der Waals surface area contributed by atoms with E-state index in [9.17, 15) is 24.2 Å². The number of thiazole rings is 1. The van der Waals surface area contributed by atoms with Gasteiger partial charge in [-0.3, -0.25) is 14.5 Å². The fourth-order valence-corrected chi connectivity index (χ4v) is 12.8. The molecule has 0 radical (unpaired) electrons. The molecule has 4 aromatic heterocycles. The van der Waals surface area contributed by atoms with Gasteiger partial charge in [0.15, 0.2) is 11.6 Å². The highest BCUT2D eigenvalue weighted by atomic mass is 32.1. The van der Waals surface area contributed by atoms with Crippen LogP contribution < -0.4 is 30.3 Å². The summed E-state index contributed by atoms with van der Waals surface area (Å²) < 4.78 is 38.8. The molecule has 1 aliphatic carbocycles. The highest BCUT2D eigenvalue weighted by molar-refractivity contribution is 7.13. The quantitative estimate of drug-likeness (QED) is 0.0662. The van der Waals surface area contributed by atoms with Crippen LogP contribution in [0.3, 0.4) is 0 Å². The second-order valence-corrected chi connectivity index (χ2v) is 22.7. The predicted molar refractivity (Wildman–Crippen MR) is 292 cm³/mol. The number of aliphatic hydroxyl groups excluding tert-OH is 1. The number of hydrogen-bond donors (Lipinski definition) is 4. The third-order valence-electron chi connectivity index (χ3n) is 16.2. The number of carbonyl (C=O) groups is 2. The van der Waals surface area contributed by atoms with Gasteiger partial charge in [0.05, 0.1) is 51.8 Å². The lowest BCUT2D eigenvalue weighted by Crippen LogP contribution is -2.54. The summed E-state index contributed by atoms with van der Waals surface area (Å²) in [7, 11) is 0. The van der Waals surface area contributed by atoms with Gasteiger partial charge in [-0.15, -0.1) is 21.5 Å². The fourth-order valence-electron chi connectivity index (χ4n) is 12.0. The van der Waals surface area contributed by atoms with E-state index in [0.29, 0.717) is 55.3 Å². The van der Waals surface area contributed by atoms with E-state index in [1.54, 1.807) is 23.5 Å². The first-order chi connectivity index (χ1) is 37.7. The summed E-state index contributed by atoms with van der Waals surface area (Å²) in [4.78, 5) is 46.6. The molecule has 4 aliphatic heterocycles. The number of pyridine rings is 1. The van der Waals surface area contributed by atoms with E-state index in [4.69, 9.17) is 24.5 Å². The summed E-state index contributed by atoms with van der Waals surface area (Å²) in [5, 5.41) is 36.7. The smallest absolute Gasteiger partial charge is 0.254 e. The van der Waals surface area contributed by atoms with E-state index in [-0.39, 0.29) is 78.4 Å². The number of rotatable bonds is 18. The molecule has 5 aliphatic rings. The molecule has 0 spiro atoms. The van der Waals surface area contributed by atoms with Crippen LogP contribution >= 0.6 is 11.3 Å². The molecule has 412 valence electrons. The molecular weight excluding hydrogens is 1020 g/mol. The Morgan fingerprint density at radius 1 is 0.897 bits per heavy atom. The van der Waals surface area contributed by atoms with E-state index < -0.39 is 23.9 Å². The van der Waals surface area contributed by atoms with Crippen molar-refractivity contribution in [2.75, 3.05) is 61.4 Å². The van der Waals surface area contributed by atoms with Gasteiger partial charge < -0.3 is 54.7 Å². The van der Waals surface area contributed by atoms with Crippen molar-refractivity contribution in [2.45, 2.75) is 127 Å². The number of phenolic OH excluding ortho intramolecular Hbond substituents is 1. The van der Waals surface area contributed by atoms with Gasteiger partial charge in [0, 0.05) is 100 Å². The van der Waals surface area contributed by atoms with E-state index in [2.05, 4.69) is 45.3 Å². The molecule has 6 atom stereocenters. The Morgan fingerprint density at radius 3 is 2.40 bits per heavy atom. The van der Waals surface area contributed by atoms with Gasteiger partial charge in [0.25, 0.3) is 5.88 Å². The SMILES string of the molecule is Cc1ncsc1-c1ccc([C@H](C)NC(=O)[C@@H]2C[C@@H](O)CN2C(=O)[C@@H](c2cc(OCCN3CCC(OC4CC(Oc5cc(N6C7CC[C@@H]6CN(c6cc(-c8cc(F)ccc8O)nnc6N)C7)ccn5)C4)CC3)no2)C(C)C)cc1. The number of anilines is 3. The van der Waals surface area contributed by atoms with E-state index in [1.807, 2.05) is 75.8 Å². The molecule has 19 nitrogen and oxygen atoms in total. The number of aliphatic hydroxyl groups is 1.